The fourth-order valence-electron chi connectivity index (χ4n) is 1.31. The van der Waals surface area contributed by atoms with Crippen LogP contribution in [0.15, 0.2) is 30.3 Å². The Bertz CT molecular complexity index is 540. The van der Waals surface area contributed by atoms with E-state index in [1.54, 1.807) is 18.2 Å². The average Bonchev–Trinajstić information content (AvgIpc) is 2.22. The minimum atomic E-state index is -0.444. The zero-order valence-corrected chi connectivity index (χ0v) is 10.1. The lowest BCUT2D eigenvalue weighted by Crippen LogP contribution is -1.99. The monoisotopic (exact) mass is 271 g/mol. The van der Waals surface area contributed by atoms with Crippen LogP contribution in [0.1, 0.15) is 0 Å². The highest BCUT2D eigenvalue weighted by Gasteiger charge is 2.04. The van der Waals surface area contributed by atoms with Gasteiger partial charge >= 0.3 is 0 Å². The number of benzene rings is 1. The van der Waals surface area contributed by atoms with Crippen LogP contribution in [0.3, 0.4) is 0 Å². The Morgan fingerprint density at radius 3 is 2.65 bits per heavy atom. The predicted octanol–water partition coefficient (Wildman–Crippen LogP) is 3.85. The Balaban J connectivity index is 2.34. The van der Waals surface area contributed by atoms with Gasteiger partial charge in [-0.2, -0.15) is 0 Å². The molecule has 0 saturated heterocycles. The van der Waals surface area contributed by atoms with E-state index in [2.05, 4.69) is 10.3 Å². The number of halogens is 3. The lowest BCUT2D eigenvalue weighted by atomic mass is 10.3. The molecule has 0 spiro atoms. The third-order valence-corrected chi connectivity index (χ3v) is 2.45. The van der Waals surface area contributed by atoms with Gasteiger partial charge in [-0.3, -0.25) is 0 Å². The molecule has 0 atom stereocenters. The zero-order chi connectivity index (χ0) is 12.4. The number of nitrogen functional groups attached to an aromatic ring is 1. The zero-order valence-electron chi connectivity index (χ0n) is 8.55. The third kappa shape index (κ3) is 2.99. The number of rotatable bonds is 2. The summed E-state index contributed by atoms with van der Waals surface area (Å²) in [5.41, 5.74) is 6.57. The van der Waals surface area contributed by atoms with E-state index in [0.29, 0.717) is 22.3 Å². The number of pyridine rings is 1. The van der Waals surface area contributed by atoms with Crippen molar-refractivity contribution in [3.63, 3.8) is 0 Å². The van der Waals surface area contributed by atoms with Gasteiger partial charge in [0.05, 0.1) is 5.69 Å². The molecule has 17 heavy (non-hydrogen) atoms. The van der Waals surface area contributed by atoms with E-state index in [1.807, 2.05) is 0 Å². The molecule has 0 saturated carbocycles. The summed E-state index contributed by atoms with van der Waals surface area (Å²) in [6.07, 6.45) is 0. The highest BCUT2D eigenvalue weighted by molar-refractivity contribution is 6.31. The van der Waals surface area contributed by atoms with Crippen molar-refractivity contribution in [3.8, 4) is 0 Å². The van der Waals surface area contributed by atoms with Gasteiger partial charge < -0.3 is 11.1 Å². The molecule has 0 fully saturated rings. The van der Waals surface area contributed by atoms with Crippen LogP contribution >= 0.6 is 23.2 Å². The van der Waals surface area contributed by atoms with E-state index >= 15 is 0 Å². The van der Waals surface area contributed by atoms with Crippen LogP contribution in [-0.2, 0) is 0 Å². The van der Waals surface area contributed by atoms with Gasteiger partial charge in [0, 0.05) is 10.7 Å². The van der Waals surface area contributed by atoms with Gasteiger partial charge in [0.25, 0.3) is 0 Å². The van der Waals surface area contributed by atoms with E-state index in [-0.39, 0.29) is 5.02 Å². The van der Waals surface area contributed by atoms with Crippen molar-refractivity contribution in [2.75, 3.05) is 11.1 Å². The minimum Gasteiger partial charge on any atom is -0.396 e. The molecule has 1 heterocycles. The first-order valence-electron chi connectivity index (χ1n) is 4.70. The van der Waals surface area contributed by atoms with Gasteiger partial charge in [0.15, 0.2) is 5.82 Å². The summed E-state index contributed by atoms with van der Waals surface area (Å²) in [6, 6.07) is 7.24. The SMILES string of the molecule is Nc1ccc(Cl)nc1Nc1cc(F)cc(Cl)c1. The topological polar surface area (TPSA) is 50.9 Å². The van der Waals surface area contributed by atoms with Crippen molar-refractivity contribution in [2.45, 2.75) is 0 Å². The van der Waals surface area contributed by atoms with Crippen molar-refractivity contribution in [2.24, 2.45) is 0 Å². The molecule has 0 aliphatic carbocycles. The maximum Gasteiger partial charge on any atom is 0.155 e. The second-order valence-corrected chi connectivity index (χ2v) is 4.18. The van der Waals surface area contributed by atoms with Crippen molar-refractivity contribution >= 4 is 40.4 Å². The Hall–Kier alpha value is -1.52. The van der Waals surface area contributed by atoms with Crippen LogP contribution in [0, 0.1) is 5.82 Å². The fourth-order valence-corrected chi connectivity index (χ4v) is 1.68. The lowest BCUT2D eigenvalue weighted by Gasteiger charge is -2.09. The number of nitrogens with two attached hydrogens (primary N) is 1. The van der Waals surface area contributed by atoms with Crippen LogP contribution in [0.2, 0.25) is 10.2 Å². The van der Waals surface area contributed by atoms with Crippen molar-refractivity contribution < 1.29 is 4.39 Å². The summed E-state index contributed by atoms with van der Waals surface area (Å²) in [7, 11) is 0. The maximum absolute atomic E-state index is 13.1. The fraction of sp³-hybridized carbons (Fsp3) is 0. The Kier molecular flexibility index (Phi) is 3.36. The predicted molar refractivity (Wildman–Crippen MR) is 68.4 cm³/mol. The standard InChI is InChI=1S/C11H8Cl2FN3/c12-6-3-7(14)5-8(4-6)16-11-9(15)1-2-10(13)17-11/h1-5H,15H2,(H,16,17). The van der Waals surface area contributed by atoms with E-state index in [4.69, 9.17) is 28.9 Å². The number of hydrogen-bond acceptors (Lipinski definition) is 3. The van der Waals surface area contributed by atoms with Crippen LogP contribution in [0.5, 0.6) is 0 Å². The number of hydrogen-bond donors (Lipinski definition) is 2. The Labute approximate surface area is 107 Å². The molecule has 3 N–H and O–H groups in total. The summed E-state index contributed by atoms with van der Waals surface area (Å²) in [5.74, 6) is -0.0835. The van der Waals surface area contributed by atoms with Crippen molar-refractivity contribution in [1.29, 1.82) is 0 Å². The van der Waals surface area contributed by atoms with Crippen molar-refractivity contribution in [1.82, 2.24) is 4.98 Å². The minimum absolute atomic E-state index is 0.285. The molecule has 6 heteroatoms. The third-order valence-electron chi connectivity index (χ3n) is 2.02. The average molecular weight is 272 g/mol. The first kappa shape index (κ1) is 12.0. The molecule has 0 unspecified atom stereocenters. The first-order valence-corrected chi connectivity index (χ1v) is 5.45. The first-order chi connectivity index (χ1) is 8.04. The second kappa shape index (κ2) is 4.77. The van der Waals surface area contributed by atoms with Crippen LogP contribution in [-0.4, -0.2) is 4.98 Å². The molecule has 2 rings (SSSR count). The molecule has 0 amide bonds. The number of nitrogens with one attached hydrogen (secondary N) is 1. The summed E-state index contributed by atoms with van der Waals surface area (Å²) >= 11 is 11.5. The van der Waals surface area contributed by atoms with Gasteiger partial charge in [-0.25, -0.2) is 9.37 Å². The molecule has 0 radical (unpaired) electrons. The summed E-state index contributed by atoms with van der Waals surface area (Å²) in [6.45, 7) is 0. The van der Waals surface area contributed by atoms with E-state index in [9.17, 15) is 4.39 Å². The highest BCUT2D eigenvalue weighted by Crippen LogP contribution is 2.25. The Morgan fingerprint density at radius 2 is 1.94 bits per heavy atom. The molecule has 1 aromatic heterocycles. The van der Waals surface area contributed by atoms with Crippen LogP contribution in [0.4, 0.5) is 21.6 Å². The molecule has 0 bridgehead atoms. The molecular weight excluding hydrogens is 264 g/mol. The second-order valence-electron chi connectivity index (χ2n) is 3.35. The molecule has 0 aliphatic rings. The molecule has 3 nitrogen and oxygen atoms in total. The Morgan fingerprint density at radius 1 is 1.18 bits per heavy atom. The highest BCUT2D eigenvalue weighted by atomic mass is 35.5. The van der Waals surface area contributed by atoms with Gasteiger partial charge in [-0.05, 0) is 30.3 Å². The summed E-state index contributed by atoms with van der Waals surface area (Å²) in [4.78, 5) is 3.99. The molecule has 88 valence electrons. The van der Waals surface area contributed by atoms with Crippen LogP contribution in [0.25, 0.3) is 0 Å². The van der Waals surface area contributed by atoms with Gasteiger partial charge in [0.1, 0.15) is 11.0 Å². The summed E-state index contributed by atoms with van der Waals surface area (Å²) < 4.78 is 13.1. The van der Waals surface area contributed by atoms with Gasteiger partial charge in [0.2, 0.25) is 0 Å². The van der Waals surface area contributed by atoms with Crippen molar-refractivity contribution in [3.05, 3.63) is 46.3 Å². The molecular formula is C11H8Cl2FN3. The van der Waals surface area contributed by atoms with E-state index < -0.39 is 5.82 Å². The summed E-state index contributed by atoms with van der Waals surface area (Å²) in [5, 5.41) is 3.43. The van der Waals surface area contributed by atoms with Crippen LogP contribution < -0.4 is 11.1 Å². The van der Waals surface area contributed by atoms with E-state index in [0.717, 1.165) is 0 Å². The number of aromatic nitrogens is 1. The molecule has 1 aromatic carbocycles. The largest absolute Gasteiger partial charge is 0.396 e. The van der Waals surface area contributed by atoms with Gasteiger partial charge in [-0.1, -0.05) is 23.2 Å². The number of anilines is 3. The maximum atomic E-state index is 13.1. The van der Waals surface area contributed by atoms with Gasteiger partial charge in [-0.15, -0.1) is 0 Å². The molecule has 2 aromatic rings. The lowest BCUT2D eigenvalue weighted by molar-refractivity contribution is 0.628. The quantitative estimate of drug-likeness (QED) is 0.816. The van der Waals surface area contributed by atoms with E-state index in [1.165, 1.54) is 12.1 Å². The smallest absolute Gasteiger partial charge is 0.155 e. The molecule has 0 aliphatic heterocycles. The number of nitrogens with zero attached hydrogens (tertiary/aromatic N) is 1. The normalized spacial score (nSPS) is 10.3.